The Morgan fingerprint density at radius 3 is 3.00 bits per heavy atom. The molecule has 0 aromatic heterocycles. The van der Waals surface area contributed by atoms with E-state index in [1.807, 2.05) is 32.0 Å². The monoisotopic (exact) mass is 263 g/mol. The fourth-order valence-electron chi connectivity index (χ4n) is 1.32. The van der Waals surface area contributed by atoms with Crippen molar-refractivity contribution in [2.24, 2.45) is 0 Å². The molecule has 0 fully saturated rings. The first-order valence-corrected chi connectivity index (χ1v) is 7.07. The van der Waals surface area contributed by atoms with Crippen molar-refractivity contribution in [3.05, 3.63) is 35.4 Å². The number of hydrogen-bond acceptors (Lipinski definition) is 4. The summed E-state index contributed by atoms with van der Waals surface area (Å²) >= 11 is 1.50. The van der Waals surface area contributed by atoms with Crippen molar-refractivity contribution in [3.63, 3.8) is 0 Å². The summed E-state index contributed by atoms with van der Waals surface area (Å²) in [5, 5.41) is 8.77. The molecule has 0 saturated carbocycles. The third-order valence-electron chi connectivity index (χ3n) is 2.45. The molecule has 1 aromatic carbocycles. The molecule has 0 aliphatic rings. The highest BCUT2D eigenvalue weighted by atomic mass is 32.2. The molecule has 0 aliphatic carbocycles. The molecule has 4 heteroatoms. The number of ether oxygens (including phenoxy) is 1. The minimum absolute atomic E-state index is 0.0139. The lowest BCUT2D eigenvalue weighted by Gasteiger charge is -2.10. The first kappa shape index (κ1) is 14.6. The van der Waals surface area contributed by atoms with Gasteiger partial charge in [-0.05, 0) is 31.0 Å². The summed E-state index contributed by atoms with van der Waals surface area (Å²) in [4.78, 5) is 11.4. The van der Waals surface area contributed by atoms with Crippen LogP contribution in [0, 0.1) is 11.3 Å². The summed E-state index contributed by atoms with van der Waals surface area (Å²) < 4.78 is 5.17. The molecule has 0 spiro atoms. The van der Waals surface area contributed by atoms with Gasteiger partial charge in [0, 0.05) is 5.75 Å². The first-order chi connectivity index (χ1) is 8.65. The molecule has 18 heavy (non-hydrogen) atoms. The van der Waals surface area contributed by atoms with Crippen LogP contribution in [0.5, 0.6) is 0 Å². The van der Waals surface area contributed by atoms with Gasteiger partial charge in [-0.1, -0.05) is 19.1 Å². The van der Waals surface area contributed by atoms with Crippen LogP contribution in [0.4, 0.5) is 0 Å². The molecule has 1 unspecified atom stereocenters. The van der Waals surface area contributed by atoms with Gasteiger partial charge in [0.2, 0.25) is 0 Å². The van der Waals surface area contributed by atoms with Crippen LogP contribution < -0.4 is 0 Å². The van der Waals surface area contributed by atoms with Crippen molar-refractivity contribution in [2.45, 2.75) is 32.1 Å². The molecule has 96 valence electrons. The van der Waals surface area contributed by atoms with E-state index in [-0.39, 0.29) is 12.1 Å². The van der Waals surface area contributed by atoms with E-state index in [0.717, 1.165) is 12.0 Å². The maximum atomic E-state index is 11.4. The summed E-state index contributed by atoms with van der Waals surface area (Å²) in [6.07, 6.45) is 0.820. The van der Waals surface area contributed by atoms with Gasteiger partial charge >= 0.3 is 5.97 Å². The lowest BCUT2D eigenvalue weighted by Crippen LogP contribution is -2.15. The van der Waals surface area contributed by atoms with Crippen LogP contribution in [0.25, 0.3) is 0 Å². The third-order valence-corrected chi connectivity index (χ3v) is 3.43. The van der Waals surface area contributed by atoms with Crippen molar-refractivity contribution < 1.29 is 9.53 Å². The van der Waals surface area contributed by atoms with E-state index in [2.05, 4.69) is 6.07 Å². The number of esters is 1. The quantitative estimate of drug-likeness (QED) is 0.740. The van der Waals surface area contributed by atoms with Gasteiger partial charge in [0.25, 0.3) is 0 Å². The van der Waals surface area contributed by atoms with Crippen molar-refractivity contribution in [1.82, 2.24) is 0 Å². The van der Waals surface area contributed by atoms with E-state index < -0.39 is 0 Å². The molecule has 0 bridgehead atoms. The SMILES string of the molecule is CCC(C)OC(=O)CSCc1cccc(C#N)c1. The highest BCUT2D eigenvalue weighted by Crippen LogP contribution is 2.14. The average Bonchev–Trinajstić information content (AvgIpc) is 2.38. The topological polar surface area (TPSA) is 50.1 Å². The van der Waals surface area contributed by atoms with Crippen molar-refractivity contribution >= 4 is 17.7 Å². The number of thioether (sulfide) groups is 1. The zero-order chi connectivity index (χ0) is 13.4. The average molecular weight is 263 g/mol. The highest BCUT2D eigenvalue weighted by molar-refractivity contribution is 7.99. The molecule has 1 atom stereocenters. The van der Waals surface area contributed by atoms with E-state index >= 15 is 0 Å². The van der Waals surface area contributed by atoms with Crippen LogP contribution in [-0.4, -0.2) is 17.8 Å². The zero-order valence-electron chi connectivity index (χ0n) is 10.7. The van der Waals surface area contributed by atoms with Crippen LogP contribution in [0.15, 0.2) is 24.3 Å². The molecular weight excluding hydrogens is 246 g/mol. The highest BCUT2D eigenvalue weighted by Gasteiger charge is 2.07. The summed E-state index contributed by atoms with van der Waals surface area (Å²) in [5.41, 5.74) is 1.70. The van der Waals surface area contributed by atoms with Gasteiger partial charge < -0.3 is 4.74 Å². The van der Waals surface area contributed by atoms with Gasteiger partial charge in [-0.3, -0.25) is 4.79 Å². The molecule has 0 N–H and O–H groups in total. The Morgan fingerprint density at radius 2 is 2.33 bits per heavy atom. The Kier molecular flexibility index (Phi) is 6.31. The minimum Gasteiger partial charge on any atom is -0.462 e. The normalized spacial score (nSPS) is 11.6. The second kappa shape index (κ2) is 7.78. The lowest BCUT2D eigenvalue weighted by atomic mass is 10.2. The Labute approximate surface area is 112 Å². The lowest BCUT2D eigenvalue weighted by molar-refractivity contribution is -0.144. The Morgan fingerprint density at radius 1 is 1.56 bits per heavy atom. The van der Waals surface area contributed by atoms with Crippen molar-refractivity contribution in [3.8, 4) is 6.07 Å². The molecular formula is C14H17NO2S. The van der Waals surface area contributed by atoms with Crippen LogP contribution in [-0.2, 0) is 15.3 Å². The standard InChI is InChI=1S/C14H17NO2S/c1-3-11(2)17-14(16)10-18-9-13-6-4-5-12(7-13)8-15/h4-7,11H,3,9-10H2,1-2H3. The summed E-state index contributed by atoms with van der Waals surface area (Å²) in [5.74, 6) is 0.887. The number of carbonyl (C=O) groups excluding carboxylic acids is 1. The molecule has 1 aromatic rings. The van der Waals surface area contributed by atoms with E-state index in [0.29, 0.717) is 17.1 Å². The predicted molar refractivity (Wildman–Crippen MR) is 73.2 cm³/mol. The molecule has 1 rings (SSSR count). The van der Waals surface area contributed by atoms with Gasteiger partial charge in [0.1, 0.15) is 0 Å². The maximum Gasteiger partial charge on any atom is 0.316 e. The summed E-state index contributed by atoms with van der Waals surface area (Å²) in [6, 6.07) is 9.51. The number of carbonyl (C=O) groups is 1. The second-order valence-corrected chi connectivity index (χ2v) is 5.00. The first-order valence-electron chi connectivity index (χ1n) is 5.92. The van der Waals surface area contributed by atoms with Gasteiger partial charge in [0.15, 0.2) is 0 Å². The summed E-state index contributed by atoms with van der Waals surface area (Å²) in [6.45, 7) is 3.87. The Balaban J connectivity index is 2.33. The van der Waals surface area contributed by atoms with E-state index in [1.54, 1.807) is 6.07 Å². The molecule has 0 heterocycles. The smallest absolute Gasteiger partial charge is 0.316 e. The number of rotatable bonds is 6. The number of benzene rings is 1. The van der Waals surface area contributed by atoms with E-state index in [9.17, 15) is 4.79 Å². The number of nitrogens with zero attached hydrogens (tertiary/aromatic N) is 1. The zero-order valence-corrected chi connectivity index (χ0v) is 11.5. The van der Waals surface area contributed by atoms with Crippen LogP contribution in [0.1, 0.15) is 31.4 Å². The summed E-state index contributed by atoms with van der Waals surface area (Å²) in [7, 11) is 0. The van der Waals surface area contributed by atoms with Gasteiger partial charge in [-0.15, -0.1) is 11.8 Å². The van der Waals surface area contributed by atoms with Gasteiger partial charge in [-0.25, -0.2) is 0 Å². The molecule has 0 saturated heterocycles. The predicted octanol–water partition coefficient (Wildman–Crippen LogP) is 3.13. The molecule has 0 aliphatic heterocycles. The maximum absolute atomic E-state index is 11.4. The van der Waals surface area contributed by atoms with E-state index in [1.165, 1.54) is 11.8 Å². The largest absolute Gasteiger partial charge is 0.462 e. The van der Waals surface area contributed by atoms with Gasteiger partial charge in [0.05, 0.1) is 23.5 Å². The molecule has 3 nitrogen and oxygen atoms in total. The molecule has 0 radical (unpaired) electrons. The van der Waals surface area contributed by atoms with Crippen LogP contribution >= 0.6 is 11.8 Å². The fourth-order valence-corrected chi connectivity index (χ4v) is 2.08. The number of hydrogen-bond donors (Lipinski definition) is 0. The second-order valence-electron chi connectivity index (χ2n) is 4.01. The van der Waals surface area contributed by atoms with Crippen LogP contribution in [0.2, 0.25) is 0 Å². The van der Waals surface area contributed by atoms with Crippen LogP contribution in [0.3, 0.4) is 0 Å². The Hall–Kier alpha value is -1.47. The number of nitriles is 1. The molecule has 0 amide bonds. The van der Waals surface area contributed by atoms with Crippen molar-refractivity contribution in [1.29, 1.82) is 5.26 Å². The van der Waals surface area contributed by atoms with E-state index in [4.69, 9.17) is 10.00 Å². The van der Waals surface area contributed by atoms with Crippen molar-refractivity contribution in [2.75, 3.05) is 5.75 Å². The van der Waals surface area contributed by atoms with Gasteiger partial charge in [-0.2, -0.15) is 5.26 Å². The Bertz CT molecular complexity index is 440. The fraction of sp³-hybridized carbons (Fsp3) is 0.429. The third kappa shape index (κ3) is 5.24. The minimum atomic E-state index is -0.175.